The Labute approximate surface area is 152 Å². The first-order chi connectivity index (χ1) is 11.7. The average molecular weight is 337 g/mol. The molecule has 0 aliphatic carbocycles. The van der Waals surface area contributed by atoms with Gasteiger partial charge >= 0.3 is 0 Å². The largest absolute Gasteiger partial charge is 0.310 e. The highest BCUT2D eigenvalue weighted by molar-refractivity contribution is 5.81. The van der Waals surface area contributed by atoms with E-state index in [2.05, 4.69) is 6.92 Å². The van der Waals surface area contributed by atoms with Crippen molar-refractivity contribution in [2.24, 2.45) is 0 Å². The van der Waals surface area contributed by atoms with Crippen molar-refractivity contribution < 1.29 is 0 Å². The maximum Gasteiger partial charge on any atom is 0.00890 e. The molecule has 0 radical (unpaired) electrons. The van der Waals surface area contributed by atoms with Crippen molar-refractivity contribution in [3.8, 4) is 0 Å². The minimum Gasteiger partial charge on any atom is -0.310 e. The molecule has 0 amide bonds. The third kappa shape index (κ3) is 19.4. The van der Waals surface area contributed by atoms with Gasteiger partial charge in [-0.05, 0) is 39.0 Å². The lowest BCUT2D eigenvalue weighted by Crippen LogP contribution is -1.95. The summed E-state index contributed by atoms with van der Waals surface area (Å²) >= 11 is 0. The zero-order chi connectivity index (χ0) is 17.9. The first kappa shape index (κ1) is 23.3. The van der Waals surface area contributed by atoms with E-state index in [9.17, 15) is 0 Å². The smallest absolute Gasteiger partial charge is 0.00890 e. The third-order valence-electron chi connectivity index (χ3n) is 4.83. The lowest BCUT2D eigenvalue weighted by molar-refractivity contribution is 0.535. The lowest BCUT2D eigenvalue weighted by atomic mass is 10.0. The number of unbranched alkanes of at least 4 members (excludes halogenated alkanes) is 13. The fourth-order valence-electron chi connectivity index (χ4n) is 3.28. The molecule has 0 saturated carbocycles. The summed E-state index contributed by atoms with van der Waals surface area (Å²) in [6, 6.07) is 0. The van der Waals surface area contributed by atoms with Crippen LogP contribution in [0.4, 0.5) is 0 Å². The summed E-state index contributed by atoms with van der Waals surface area (Å²) in [5.74, 6) is 0. The van der Waals surface area contributed by atoms with Crippen LogP contribution in [0.15, 0.2) is 0 Å². The van der Waals surface area contributed by atoms with E-state index in [1.165, 1.54) is 89.9 Å². The van der Waals surface area contributed by atoms with Crippen LogP contribution in [-0.2, 0) is 0 Å². The van der Waals surface area contributed by atoms with E-state index in [1.807, 2.05) is 6.92 Å². The van der Waals surface area contributed by atoms with Crippen LogP contribution in [-0.4, -0.2) is 11.4 Å². The van der Waals surface area contributed by atoms with E-state index in [-0.39, 0.29) is 0 Å². The number of rotatable bonds is 19. The molecule has 0 aromatic heterocycles. The summed E-state index contributed by atoms with van der Waals surface area (Å²) in [4.78, 5) is 0. The van der Waals surface area contributed by atoms with E-state index >= 15 is 0 Å². The van der Waals surface area contributed by atoms with Gasteiger partial charge in [-0.1, -0.05) is 90.4 Å². The normalized spacial score (nSPS) is 10.9. The van der Waals surface area contributed by atoms with Crippen LogP contribution in [0.25, 0.3) is 0 Å². The molecule has 2 nitrogen and oxygen atoms in total. The van der Waals surface area contributed by atoms with E-state index in [0.29, 0.717) is 0 Å². The fraction of sp³-hybridized carbons (Fsp3) is 0.909. The fourth-order valence-corrected chi connectivity index (χ4v) is 3.28. The minimum absolute atomic E-state index is 0.839. The van der Waals surface area contributed by atoms with Gasteiger partial charge in [0.15, 0.2) is 0 Å². The van der Waals surface area contributed by atoms with E-state index in [0.717, 1.165) is 37.1 Å². The van der Waals surface area contributed by atoms with Crippen molar-refractivity contribution in [3.05, 3.63) is 0 Å². The highest BCUT2D eigenvalue weighted by atomic mass is 14.4. The first-order valence-corrected chi connectivity index (χ1v) is 10.8. The summed E-state index contributed by atoms with van der Waals surface area (Å²) in [5, 5.41) is 15.2. The standard InChI is InChI=1S/C22H44N2/c1-3-18-22(24)20-17-15-13-11-9-7-5-4-6-8-10-12-14-16-19-21(2)23/h23-24H,3-20H2,1-2H3. The monoisotopic (exact) mass is 336 g/mol. The molecule has 0 atom stereocenters. The van der Waals surface area contributed by atoms with Gasteiger partial charge in [0, 0.05) is 11.4 Å². The molecule has 2 N–H and O–H groups in total. The molecule has 2 heteroatoms. The van der Waals surface area contributed by atoms with Gasteiger partial charge in [0.25, 0.3) is 0 Å². The maximum atomic E-state index is 7.77. The van der Waals surface area contributed by atoms with Gasteiger partial charge in [0.05, 0.1) is 0 Å². The minimum atomic E-state index is 0.839. The van der Waals surface area contributed by atoms with E-state index in [1.54, 1.807) is 0 Å². The molecule has 0 fully saturated rings. The molecule has 0 aliphatic rings. The molecule has 24 heavy (non-hydrogen) atoms. The molecular weight excluding hydrogens is 292 g/mol. The number of hydrogen-bond donors (Lipinski definition) is 2. The van der Waals surface area contributed by atoms with Crippen LogP contribution < -0.4 is 0 Å². The molecule has 0 saturated heterocycles. The van der Waals surface area contributed by atoms with Crippen LogP contribution >= 0.6 is 0 Å². The molecule has 0 aromatic rings. The maximum absolute atomic E-state index is 7.77. The molecule has 0 aliphatic heterocycles. The van der Waals surface area contributed by atoms with Crippen LogP contribution in [0.5, 0.6) is 0 Å². The topological polar surface area (TPSA) is 47.7 Å². The average Bonchev–Trinajstić information content (AvgIpc) is 2.54. The van der Waals surface area contributed by atoms with E-state index in [4.69, 9.17) is 10.8 Å². The Morgan fingerprint density at radius 3 is 1.17 bits per heavy atom. The number of nitrogens with one attached hydrogen (secondary N) is 2. The van der Waals surface area contributed by atoms with Gasteiger partial charge < -0.3 is 10.8 Å². The second-order valence-corrected chi connectivity index (χ2v) is 7.58. The van der Waals surface area contributed by atoms with E-state index < -0.39 is 0 Å². The zero-order valence-corrected chi connectivity index (χ0v) is 16.7. The van der Waals surface area contributed by atoms with Crippen molar-refractivity contribution in [1.82, 2.24) is 0 Å². The highest BCUT2D eigenvalue weighted by Gasteiger charge is 1.97. The SMILES string of the molecule is CCCC(=N)CCCCCCCCCCCCCCCCC(C)=N. The second kappa shape index (κ2) is 18.7. The Bertz CT molecular complexity index is 296. The van der Waals surface area contributed by atoms with Crippen molar-refractivity contribution in [1.29, 1.82) is 10.8 Å². The summed E-state index contributed by atoms with van der Waals surface area (Å²) < 4.78 is 0. The molecular formula is C22H44N2. The Kier molecular flexibility index (Phi) is 18.2. The lowest BCUT2D eigenvalue weighted by Gasteiger charge is -2.04. The van der Waals surface area contributed by atoms with Crippen LogP contribution in [0.3, 0.4) is 0 Å². The Hall–Kier alpha value is -0.660. The van der Waals surface area contributed by atoms with Gasteiger partial charge in [-0.15, -0.1) is 0 Å². The van der Waals surface area contributed by atoms with Crippen molar-refractivity contribution in [2.75, 3.05) is 0 Å². The molecule has 0 aromatic carbocycles. The third-order valence-corrected chi connectivity index (χ3v) is 4.83. The molecule has 0 bridgehead atoms. The van der Waals surface area contributed by atoms with Gasteiger partial charge in [0.2, 0.25) is 0 Å². The molecule has 0 heterocycles. The van der Waals surface area contributed by atoms with Gasteiger partial charge in [-0.2, -0.15) is 0 Å². The quantitative estimate of drug-likeness (QED) is 0.177. The predicted octanol–water partition coefficient (Wildman–Crippen LogP) is 8.09. The zero-order valence-electron chi connectivity index (χ0n) is 16.7. The van der Waals surface area contributed by atoms with Crippen LogP contribution in [0.1, 0.15) is 129 Å². The van der Waals surface area contributed by atoms with Gasteiger partial charge in [-0.3, -0.25) is 0 Å². The summed E-state index contributed by atoms with van der Waals surface area (Å²) in [6.07, 6.45) is 23.3. The van der Waals surface area contributed by atoms with Gasteiger partial charge in [-0.25, -0.2) is 0 Å². The summed E-state index contributed by atoms with van der Waals surface area (Å²) in [6.45, 7) is 4.08. The Morgan fingerprint density at radius 1 is 0.500 bits per heavy atom. The second-order valence-electron chi connectivity index (χ2n) is 7.58. The molecule has 0 unspecified atom stereocenters. The van der Waals surface area contributed by atoms with Crippen molar-refractivity contribution >= 4 is 11.4 Å². The first-order valence-electron chi connectivity index (χ1n) is 10.8. The van der Waals surface area contributed by atoms with Crippen molar-refractivity contribution in [2.45, 2.75) is 129 Å². The molecule has 0 rings (SSSR count). The van der Waals surface area contributed by atoms with Crippen LogP contribution in [0.2, 0.25) is 0 Å². The van der Waals surface area contributed by atoms with Gasteiger partial charge in [0.1, 0.15) is 0 Å². The van der Waals surface area contributed by atoms with Crippen LogP contribution in [0, 0.1) is 10.8 Å². The van der Waals surface area contributed by atoms with Crippen molar-refractivity contribution in [3.63, 3.8) is 0 Å². The number of hydrogen-bond acceptors (Lipinski definition) is 2. The highest BCUT2D eigenvalue weighted by Crippen LogP contribution is 2.14. The Morgan fingerprint density at radius 2 is 0.833 bits per heavy atom. The molecule has 0 spiro atoms. The summed E-state index contributed by atoms with van der Waals surface area (Å²) in [5.41, 5.74) is 1.80. The Balaban J connectivity index is 3.05. The molecule has 142 valence electrons. The predicted molar refractivity (Wildman–Crippen MR) is 110 cm³/mol. The summed E-state index contributed by atoms with van der Waals surface area (Å²) in [7, 11) is 0.